The van der Waals surface area contributed by atoms with Crippen LogP contribution in [0.4, 0.5) is 4.79 Å². The van der Waals surface area contributed by atoms with Crippen molar-refractivity contribution in [3.05, 3.63) is 33.3 Å². The van der Waals surface area contributed by atoms with Crippen LogP contribution in [-0.4, -0.2) is 12.6 Å². The molecule has 1 N–H and O–H groups in total. The zero-order valence-electron chi connectivity index (χ0n) is 7.09. The zero-order chi connectivity index (χ0) is 10.1. The SMILES string of the molecule is O=C1NCC(c2cc(Br)ccc2Cl)O1. The molecule has 1 atom stereocenters. The van der Waals surface area contributed by atoms with E-state index in [1.54, 1.807) is 6.07 Å². The van der Waals surface area contributed by atoms with Crippen molar-refractivity contribution in [2.75, 3.05) is 6.54 Å². The molecule has 1 aromatic rings. The van der Waals surface area contributed by atoms with Crippen LogP contribution in [0.25, 0.3) is 0 Å². The molecule has 1 aromatic carbocycles. The number of rotatable bonds is 1. The van der Waals surface area contributed by atoms with Crippen molar-refractivity contribution in [1.82, 2.24) is 5.32 Å². The van der Waals surface area contributed by atoms with Gasteiger partial charge in [0.25, 0.3) is 0 Å². The highest BCUT2D eigenvalue weighted by Gasteiger charge is 2.25. The van der Waals surface area contributed by atoms with Gasteiger partial charge in [0, 0.05) is 15.1 Å². The Labute approximate surface area is 94.5 Å². The molecule has 1 amide bonds. The molecule has 0 aliphatic carbocycles. The minimum Gasteiger partial charge on any atom is -0.439 e. The molecule has 0 spiro atoms. The molecule has 1 aliphatic rings. The van der Waals surface area contributed by atoms with Gasteiger partial charge in [0.1, 0.15) is 6.10 Å². The Morgan fingerprint density at radius 2 is 2.36 bits per heavy atom. The number of alkyl carbamates (subject to hydrolysis) is 1. The number of cyclic esters (lactones) is 1. The van der Waals surface area contributed by atoms with Crippen LogP contribution < -0.4 is 5.32 Å². The largest absolute Gasteiger partial charge is 0.439 e. The quantitative estimate of drug-likeness (QED) is 0.856. The molecule has 1 saturated heterocycles. The summed E-state index contributed by atoms with van der Waals surface area (Å²) in [5.41, 5.74) is 0.819. The van der Waals surface area contributed by atoms with Crippen molar-refractivity contribution in [1.29, 1.82) is 0 Å². The summed E-state index contributed by atoms with van der Waals surface area (Å²) in [5, 5.41) is 3.19. The van der Waals surface area contributed by atoms with Crippen LogP contribution in [0, 0.1) is 0 Å². The van der Waals surface area contributed by atoms with Gasteiger partial charge < -0.3 is 10.1 Å². The summed E-state index contributed by atoms with van der Waals surface area (Å²) < 4.78 is 5.94. The van der Waals surface area contributed by atoms with Gasteiger partial charge in [-0.25, -0.2) is 4.79 Å². The molecule has 1 heterocycles. The van der Waals surface area contributed by atoms with Crippen LogP contribution in [0.15, 0.2) is 22.7 Å². The molecule has 3 nitrogen and oxygen atoms in total. The molecule has 5 heteroatoms. The molecular formula is C9H7BrClNO2. The minimum atomic E-state index is -0.397. The minimum absolute atomic E-state index is 0.285. The van der Waals surface area contributed by atoms with Gasteiger partial charge in [0.15, 0.2) is 0 Å². The third-order valence-electron chi connectivity index (χ3n) is 1.99. The van der Waals surface area contributed by atoms with E-state index in [9.17, 15) is 4.79 Å². The first-order valence-corrected chi connectivity index (χ1v) is 5.23. The summed E-state index contributed by atoms with van der Waals surface area (Å²) in [4.78, 5) is 10.8. The van der Waals surface area contributed by atoms with Crippen LogP contribution in [0.5, 0.6) is 0 Å². The molecule has 1 fully saturated rings. The lowest BCUT2D eigenvalue weighted by Crippen LogP contribution is -2.12. The zero-order valence-corrected chi connectivity index (χ0v) is 9.43. The second-order valence-electron chi connectivity index (χ2n) is 2.94. The normalized spacial score (nSPS) is 20.4. The average molecular weight is 277 g/mol. The van der Waals surface area contributed by atoms with Crippen LogP contribution >= 0.6 is 27.5 Å². The van der Waals surface area contributed by atoms with E-state index in [2.05, 4.69) is 21.2 Å². The monoisotopic (exact) mass is 275 g/mol. The van der Waals surface area contributed by atoms with Crippen LogP contribution in [-0.2, 0) is 4.74 Å². The second kappa shape index (κ2) is 3.79. The van der Waals surface area contributed by atoms with Crippen LogP contribution in [0.2, 0.25) is 5.02 Å². The molecule has 0 radical (unpaired) electrons. The predicted molar refractivity (Wildman–Crippen MR) is 56.4 cm³/mol. The van der Waals surface area contributed by atoms with Gasteiger partial charge in [-0.15, -0.1) is 0 Å². The van der Waals surface area contributed by atoms with Gasteiger partial charge in [-0.3, -0.25) is 0 Å². The van der Waals surface area contributed by atoms with E-state index in [0.29, 0.717) is 11.6 Å². The van der Waals surface area contributed by atoms with Crippen molar-refractivity contribution < 1.29 is 9.53 Å². The standard InChI is InChI=1S/C9H7BrClNO2/c10-5-1-2-7(11)6(3-5)8-4-12-9(13)14-8/h1-3,8H,4H2,(H,12,13). The van der Waals surface area contributed by atoms with Gasteiger partial charge in [-0.1, -0.05) is 27.5 Å². The van der Waals surface area contributed by atoms with Crippen LogP contribution in [0.1, 0.15) is 11.7 Å². The maximum absolute atomic E-state index is 10.8. The average Bonchev–Trinajstić information content (AvgIpc) is 2.56. The van der Waals surface area contributed by atoms with Gasteiger partial charge >= 0.3 is 6.09 Å². The highest BCUT2D eigenvalue weighted by molar-refractivity contribution is 9.10. The number of halogens is 2. The van der Waals surface area contributed by atoms with Crippen LogP contribution in [0.3, 0.4) is 0 Å². The molecule has 0 bridgehead atoms. The van der Waals surface area contributed by atoms with Crippen molar-refractivity contribution in [2.24, 2.45) is 0 Å². The van der Waals surface area contributed by atoms with Gasteiger partial charge in [-0.2, -0.15) is 0 Å². The topological polar surface area (TPSA) is 38.3 Å². The van der Waals surface area contributed by atoms with Crippen molar-refractivity contribution in [3.8, 4) is 0 Å². The summed E-state index contributed by atoms with van der Waals surface area (Å²) in [6.45, 7) is 0.467. The predicted octanol–water partition coefficient (Wildman–Crippen LogP) is 2.88. The summed E-state index contributed by atoms with van der Waals surface area (Å²) in [5.74, 6) is 0. The van der Waals surface area contributed by atoms with Gasteiger partial charge in [-0.05, 0) is 18.2 Å². The third kappa shape index (κ3) is 1.86. The molecule has 74 valence electrons. The van der Waals surface area contributed by atoms with Gasteiger partial charge in [0.2, 0.25) is 0 Å². The summed E-state index contributed by atoms with van der Waals surface area (Å²) in [6.07, 6.45) is -0.682. The molecule has 2 rings (SSSR count). The number of benzene rings is 1. The van der Waals surface area contributed by atoms with E-state index >= 15 is 0 Å². The smallest absolute Gasteiger partial charge is 0.407 e. The van der Waals surface area contributed by atoms with E-state index < -0.39 is 6.09 Å². The number of carbonyl (C=O) groups is 1. The van der Waals surface area contributed by atoms with E-state index in [0.717, 1.165) is 10.0 Å². The molecule has 0 aromatic heterocycles. The van der Waals surface area contributed by atoms with E-state index in [4.69, 9.17) is 16.3 Å². The summed E-state index contributed by atoms with van der Waals surface area (Å²) >= 11 is 9.32. The number of amides is 1. The summed E-state index contributed by atoms with van der Waals surface area (Å²) in [7, 11) is 0. The third-order valence-corrected chi connectivity index (χ3v) is 2.82. The molecule has 14 heavy (non-hydrogen) atoms. The summed E-state index contributed by atoms with van der Waals surface area (Å²) in [6, 6.07) is 5.47. The molecule has 0 saturated carbocycles. The van der Waals surface area contributed by atoms with E-state index in [1.165, 1.54) is 0 Å². The lowest BCUT2D eigenvalue weighted by molar-refractivity contribution is 0.141. The van der Waals surface area contributed by atoms with E-state index in [-0.39, 0.29) is 6.10 Å². The lowest BCUT2D eigenvalue weighted by atomic mass is 10.1. The first kappa shape index (κ1) is 9.80. The number of ether oxygens (including phenoxy) is 1. The maximum Gasteiger partial charge on any atom is 0.407 e. The Morgan fingerprint density at radius 1 is 1.57 bits per heavy atom. The number of hydrogen-bond acceptors (Lipinski definition) is 2. The van der Waals surface area contributed by atoms with Crippen molar-refractivity contribution in [2.45, 2.75) is 6.10 Å². The molecular weight excluding hydrogens is 269 g/mol. The molecule has 1 aliphatic heterocycles. The fourth-order valence-corrected chi connectivity index (χ4v) is 1.94. The number of carbonyl (C=O) groups excluding carboxylic acids is 1. The Bertz CT molecular complexity index is 383. The number of nitrogens with one attached hydrogen (secondary N) is 1. The molecule has 1 unspecified atom stereocenters. The Kier molecular flexibility index (Phi) is 2.65. The fourth-order valence-electron chi connectivity index (χ4n) is 1.32. The first-order chi connectivity index (χ1) is 6.66. The van der Waals surface area contributed by atoms with E-state index in [1.807, 2.05) is 12.1 Å². The fraction of sp³-hybridized carbons (Fsp3) is 0.222. The Hall–Kier alpha value is -0.740. The Morgan fingerprint density at radius 3 is 3.00 bits per heavy atom. The second-order valence-corrected chi connectivity index (χ2v) is 4.26. The van der Waals surface area contributed by atoms with Crippen molar-refractivity contribution in [3.63, 3.8) is 0 Å². The first-order valence-electron chi connectivity index (χ1n) is 4.06. The highest BCUT2D eigenvalue weighted by Crippen LogP contribution is 2.30. The van der Waals surface area contributed by atoms with Gasteiger partial charge in [0.05, 0.1) is 6.54 Å². The van der Waals surface area contributed by atoms with Crippen molar-refractivity contribution >= 4 is 33.6 Å². The highest BCUT2D eigenvalue weighted by atomic mass is 79.9. The maximum atomic E-state index is 10.8. The number of hydrogen-bond donors (Lipinski definition) is 1. The lowest BCUT2D eigenvalue weighted by Gasteiger charge is -2.10. The Balaban J connectivity index is 2.31.